The van der Waals surface area contributed by atoms with E-state index in [1.807, 2.05) is 0 Å². The first-order valence-corrected chi connectivity index (χ1v) is 9.21. The number of ether oxygens (including phenoxy) is 1. The molecule has 2 saturated heterocycles. The van der Waals surface area contributed by atoms with E-state index in [0.717, 1.165) is 6.54 Å². The fourth-order valence-corrected chi connectivity index (χ4v) is 3.56. The summed E-state index contributed by atoms with van der Waals surface area (Å²) in [5.41, 5.74) is -0.391. The van der Waals surface area contributed by atoms with E-state index in [-0.39, 0.29) is 30.0 Å². The van der Waals surface area contributed by atoms with E-state index in [9.17, 15) is 14.0 Å². The van der Waals surface area contributed by atoms with Gasteiger partial charge in [-0.1, -0.05) is 6.07 Å². The molecule has 2 amide bonds. The predicted molar refractivity (Wildman–Crippen MR) is 96.1 cm³/mol. The average Bonchev–Trinajstić information content (AvgIpc) is 3.18. The number of amides is 2. The van der Waals surface area contributed by atoms with Crippen LogP contribution in [0, 0.1) is 5.82 Å². The number of likely N-dealkylation sites (tertiary alicyclic amines) is 1. The summed E-state index contributed by atoms with van der Waals surface area (Å²) in [6.07, 6.45) is 2.40. The first-order valence-electron chi connectivity index (χ1n) is 9.21. The van der Waals surface area contributed by atoms with Gasteiger partial charge in [0.15, 0.2) is 12.3 Å². The van der Waals surface area contributed by atoms with Crippen molar-refractivity contribution in [2.75, 3.05) is 26.2 Å². The quantitative estimate of drug-likeness (QED) is 0.814. The van der Waals surface area contributed by atoms with Crippen molar-refractivity contribution in [1.29, 1.82) is 0 Å². The van der Waals surface area contributed by atoms with E-state index in [4.69, 9.17) is 9.15 Å². The molecule has 28 heavy (non-hydrogen) atoms. The van der Waals surface area contributed by atoms with Crippen molar-refractivity contribution >= 4 is 11.8 Å². The fraction of sp³-hybridized carbons (Fsp3) is 0.421. The lowest BCUT2D eigenvalue weighted by molar-refractivity contribution is -0.131. The molecule has 8 nitrogen and oxygen atoms in total. The summed E-state index contributed by atoms with van der Waals surface area (Å²) in [5, 5.41) is 6.18. The molecule has 2 fully saturated rings. The molecule has 0 aliphatic carbocycles. The van der Waals surface area contributed by atoms with Crippen LogP contribution in [-0.4, -0.2) is 53.4 Å². The van der Waals surface area contributed by atoms with Gasteiger partial charge in [0.05, 0.1) is 0 Å². The van der Waals surface area contributed by atoms with Crippen LogP contribution in [0.1, 0.15) is 29.2 Å². The normalized spacial score (nSPS) is 18.8. The van der Waals surface area contributed by atoms with Gasteiger partial charge in [0, 0.05) is 32.2 Å². The molecule has 1 spiro atoms. The molecule has 0 saturated carbocycles. The molecule has 3 heterocycles. The molecular formula is C19H21FN4O4. The van der Waals surface area contributed by atoms with Crippen LogP contribution >= 0.6 is 0 Å². The summed E-state index contributed by atoms with van der Waals surface area (Å²) >= 11 is 0. The van der Waals surface area contributed by atoms with Gasteiger partial charge < -0.3 is 24.7 Å². The lowest BCUT2D eigenvalue weighted by Crippen LogP contribution is -2.66. The maximum atomic E-state index is 13.2. The first-order chi connectivity index (χ1) is 13.6. The molecule has 2 aliphatic rings. The highest BCUT2D eigenvalue weighted by Crippen LogP contribution is 2.25. The summed E-state index contributed by atoms with van der Waals surface area (Å²) in [7, 11) is 0. The molecule has 0 atom stereocenters. The Kier molecular flexibility index (Phi) is 4.99. The molecule has 1 aromatic carbocycles. The van der Waals surface area contributed by atoms with Gasteiger partial charge in [-0.2, -0.15) is 0 Å². The number of aromatic nitrogens is 1. The Balaban J connectivity index is 1.34. The van der Waals surface area contributed by atoms with E-state index in [1.54, 1.807) is 17.0 Å². The number of hydrogen-bond donors (Lipinski definition) is 2. The Hall–Kier alpha value is -2.94. The zero-order chi connectivity index (χ0) is 19.6. The molecule has 4 rings (SSSR count). The lowest BCUT2D eigenvalue weighted by atomic mass is 9.85. The number of piperazine rings is 1. The largest absolute Gasteiger partial charge is 0.484 e. The van der Waals surface area contributed by atoms with Crippen LogP contribution < -0.4 is 15.4 Å². The smallest absolute Gasteiger partial charge is 0.275 e. The average molecular weight is 388 g/mol. The number of hydrogen-bond acceptors (Lipinski definition) is 6. The third-order valence-electron chi connectivity index (χ3n) is 5.14. The van der Waals surface area contributed by atoms with Gasteiger partial charge >= 0.3 is 0 Å². The minimum Gasteiger partial charge on any atom is -0.484 e. The number of carbonyl (C=O) groups excluding carboxylic acids is 2. The fourth-order valence-electron chi connectivity index (χ4n) is 3.56. The molecule has 2 aromatic rings. The van der Waals surface area contributed by atoms with Crippen molar-refractivity contribution in [1.82, 2.24) is 20.5 Å². The minimum atomic E-state index is -0.581. The minimum absolute atomic E-state index is 0.00377. The van der Waals surface area contributed by atoms with Crippen LogP contribution in [0.15, 0.2) is 34.9 Å². The predicted octanol–water partition coefficient (Wildman–Crippen LogP) is 1.09. The second-order valence-electron chi connectivity index (χ2n) is 6.93. The lowest BCUT2D eigenvalue weighted by Gasteiger charge is -2.43. The Morgan fingerprint density at radius 1 is 1.32 bits per heavy atom. The second-order valence-corrected chi connectivity index (χ2v) is 6.93. The molecule has 1 aromatic heterocycles. The van der Waals surface area contributed by atoms with Gasteiger partial charge in [0.2, 0.25) is 11.8 Å². The summed E-state index contributed by atoms with van der Waals surface area (Å²) in [6.45, 7) is 2.27. The SMILES string of the molecule is O=C(c1coc(COc2cccc(F)c2)n1)N1CCC2(CC1)NCCNC2=O. The number of nitrogens with one attached hydrogen (secondary N) is 2. The molecule has 0 bridgehead atoms. The van der Waals surface area contributed by atoms with Crippen LogP contribution in [0.4, 0.5) is 4.39 Å². The number of halogens is 1. The molecular weight excluding hydrogens is 367 g/mol. The van der Waals surface area contributed by atoms with Crippen LogP contribution in [0.5, 0.6) is 5.75 Å². The monoisotopic (exact) mass is 388 g/mol. The van der Waals surface area contributed by atoms with E-state index < -0.39 is 11.4 Å². The Morgan fingerprint density at radius 2 is 2.14 bits per heavy atom. The van der Waals surface area contributed by atoms with Crippen LogP contribution in [-0.2, 0) is 11.4 Å². The van der Waals surface area contributed by atoms with Crippen molar-refractivity contribution in [3.8, 4) is 5.75 Å². The molecule has 2 N–H and O–H groups in total. The maximum absolute atomic E-state index is 13.2. The summed E-state index contributed by atoms with van der Waals surface area (Å²) in [5.74, 6) is -0.0549. The van der Waals surface area contributed by atoms with Crippen molar-refractivity contribution < 1.29 is 23.1 Å². The summed E-state index contributed by atoms with van der Waals surface area (Å²) in [6, 6.07) is 5.74. The third-order valence-corrected chi connectivity index (χ3v) is 5.14. The van der Waals surface area contributed by atoms with E-state index in [0.29, 0.717) is 38.2 Å². The first kappa shape index (κ1) is 18.4. The number of nitrogens with zero attached hydrogens (tertiary/aromatic N) is 2. The van der Waals surface area contributed by atoms with E-state index in [1.165, 1.54) is 18.4 Å². The highest BCUT2D eigenvalue weighted by atomic mass is 19.1. The van der Waals surface area contributed by atoms with Crippen molar-refractivity contribution in [3.05, 3.63) is 47.9 Å². The number of oxazole rings is 1. The van der Waals surface area contributed by atoms with Crippen molar-refractivity contribution in [2.24, 2.45) is 0 Å². The Labute approximate surface area is 161 Å². The number of piperidine rings is 1. The summed E-state index contributed by atoms with van der Waals surface area (Å²) < 4.78 is 23.9. The van der Waals surface area contributed by atoms with Crippen molar-refractivity contribution in [2.45, 2.75) is 25.0 Å². The molecule has 0 radical (unpaired) electrons. The van der Waals surface area contributed by atoms with Crippen LogP contribution in [0.3, 0.4) is 0 Å². The number of benzene rings is 1. The highest BCUT2D eigenvalue weighted by molar-refractivity contribution is 5.93. The number of carbonyl (C=O) groups is 2. The topological polar surface area (TPSA) is 96.7 Å². The molecule has 2 aliphatic heterocycles. The summed E-state index contributed by atoms with van der Waals surface area (Å²) in [4.78, 5) is 30.7. The zero-order valence-corrected chi connectivity index (χ0v) is 15.2. The number of rotatable bonds is 4. The second kappa shape index (κ2) is 7.59. The van der Waals surface area contributed by atoms with Gasteiger partial charge in [0.1, 0.15) is 23.4 Å². The molecule has 148 valence electrons. The van der Waals surface area contributed by atoms with Gasteiger partial charge in [0.25, 0.3) is 5.91 Å². The molecule has 9 heteroatoms. The van der Waals surface area contributed by atoms with Gasteiger partial charge in [-0.05, 0) is 25.0 Å². The third kappa shape index (κ3) is 3.70. The molecule has 0 unspecified atom stereocenters. The van der Waals surface area contributed by atoms with Gasteiger partial charge in [-0.25, -0.2) is 9.37 Å². The Morgan fingerprint density at radius 3 is 2.89 bits per heavy atom. The maximum Gasteiger partial charge on any atom is 0.275 e. The standard InChI is InChI=1S/C19H21FN4O4/c20-13-2-1-3-14(10-13)27-12-16-23-15(11-28-16)17(25)24-8-4-19(5-9-24)18(26)21-6-7-22-19/h1-3,10-11,22H,4-9,12H2,(H,21,26). The zero-order valence-electron chi connectivity index (χ0n) is 15.2. The van der Waals surface area contributed by atoms with Crippen LogP contribution in [0.2, 0.25) is 0 Å². The van der Waals surface area contributed by atoms with Gasteiger partial charge in [-0.15, -0.1) is 0 Å². The highest BCUT2D eigenvalue weighted by Gasteiger charge is 2.43. The van der Waals surface area contributed by atoms with Crippen LogP contribution in [0.25, 0.3) is 0 Å². The van der Waals surface area contributed by atoms with E-state index in [2.05, 4.69) is 15.6 Å². The Bertz CT molecular complexity index is 876. The van der Waals surface area contributed by atoms with Crippen molar-refractivity contribution in [3.63, 3.8) is 0 Å². The van der Waals surface area contributed by atoms with E-state index >= 15 is 0 Å². The van der Waals surface area contributed by atoms with Gasteiger partial charge in [-0.3, -0.25) is 9.59 Å².